The minimum Gasteiger partial charge on any atom is -0.339 e. The zero-order chi connectivity index (χ0) is 20.5. The highest BCUT2D eigenvalue weighted by Gasteiger charge is 2.26. The van der Waals surface area contributed by atoms with Crippen LogP contribution >= 0.6 is 0 Å². The summed E-state index contributed by atoms with van der Waals surface area (Å²) in [6.07, 6.45) is 7.66. The van der Waals surface area contributed by atoms with Crippen LogP contribution in [0.3, 0.4) is 0 Å². The molecule has 2 aromatic heterocycles. The van der Waals surface area contributed by atoms with Crippen LogP contribution in [0.5, 0.6) is 0 Å². The van der Waals surface area contributed by atoms with Gasteiger partial charge in [0.05, 0.1) is 22.8 Å². The fourth-order valence-corrected chi connectivity index (χ4v) is 4.40. The number of hydrogen-bond donors (Lipinski definition) is 0. The fraction of sp³-hybridized carbons (Fsp3) is 0.458. The molecule has 1 saturated carbocycles. The number of hydrogen-bond acceptors (Lipinski definition) is 3. The maximum atomic E-state index is 13.6. The highest BCUT2D eigenvalue weighted by Crippen LogP contribution is 2.30. The molecular weight excluding hydrogens is 360 g/mol. The highest BCUT2D eigenvalue weighted by atomic mass is 16.2. The molecule has 5 heteroatoms. The third kappa shape index (κ3) is 3.66. The van der Waals surface area contributed by atoms with Gasteiger partial charge in [-0.05, 0) is 45.2 Å². The maximum Gasteiger partial charge on any atom is 0.254 e. The van der Waals surface area contributed by atoms with E-state index in [9.17, 15) is 4.79 Å². The van der Waals surface area contributed by atoms with Gasteiger partial charge in [-0.15, -0.1) is 0 Å². The Kier molecular flexibility index (Phi) is 5.39. The molecule has 1 aliphatic carbocycles. The van der Waals surface area contributed by atoms with Crippen molar-refractivity contribution in [3.05, 3.63) is 47.7 Å². The van der Waals surface area contributed by atoms with E-state index in [0.717, 1.165) is 40.7 Å². The number of carbonyl (C=O) groups is 1. The lowest BCUT2D eigenvalue weighted by Crippen LogP contribution is -2.38. The van der Waals surface area contributed by atoms with Gasteiger partial charge in [-0.2, -0.15) is 5.10 Å². The van der Waals surface area contributed by atoms with E-state index in [-0.39, 0.29) is 11.9 Å². The van der Waals surface area contributed by atoms with Crippen LogP contribution in [0.4, 0.5) is 0 Å². The summed E-state index contributed by atoms with van der Waals surface area (Å²) >= 11 is 0. The van der Waals surface area contributed by atoms with E-state index in [1.54, 1.807) is 6.20 Å². The van der Waals surface area contributed by atoms with Crippen molar-refractivity contribution in [2.45, 2.75) is 65.0 Å². The van der Waals surface area contributed by atoms with Crippen LogP contribution in [0.2, 0.25) is 0 Å². The predicted molar refractivity (Wildman–Crippen MR) is 117 cm³/mol. The first-order valence-electron chi connectivity index (χ1n) is 10.7. The molecule has 4 rings (SSSR count). The molecule has 1 aromatic carbocycles. The molecule has 0 N–H and O–H groups in total. The molecule has 0 bridgehead atoms. The second-order valence-corrected chi connectivity index (χ2v) is 8.50. The first-order chi connectivity index (χ1) is 14.0. The van der Waals surface area contributed by atoms with E-state index in [4.69, 9.17) is 4.98 Å². The molecular formula is C24H30N4O. The lowest BCUT2D eigenvalue weighted by Gasteiger charge is -2.31. The Morgan fingerprint density at radius 2 is 1.90 bits per heavy atom. The smallest absolute Gasteiger partial charge is 0.254 e. The van der Waals surface area contributed by atoms with E-state index in [2.05, 4.69) is 38.0 Å². The molecule has 1 aliphatic rings. The number of fused-ring (bicyclic) bond motifs is 1. The lowest BCUT2D eigenvalue weighted by molar-refractivity contribution is 0.0698. The lowest BCUT2D eigenvalue weighted by atomic mass is 9.94. The number of carbonyl (C=O) groups excluding carboxylic acids is 1. The second kappa shape index (κ2) is 7.97. The van der Waals surface area contributed by atoms with Gasteiger partial charge in [-0.3, -0.25) is 4.79 Å². The SMILES string of the molecule is Cc1ccccc1-c1cc(C(=O)N(C)C2CCCCC2)c2cnn(C(C)C)c2n1. The number of benzene rings is 1. The van der Waals surface area contributed by atoms with Gasteiger partial charge in [0.1, 0.15) is 0 Å². The average molecular weight is 391 g/mol. The number of aromatic nitrogens is 3. The minimum atomic E-state index is 0.0717. The Hall–Kier alpha value is -2.69. The molecule has 0 radical (unpaired) electrons. The number of nitrogens with zero attached hydrogens (tertiary/aromatic N) is 4. The van der Waals surface area contributed by atoms with Crippen molar-refractivity contribution in [3.8, 4) is 11.3 Å². The van der Waals surface area contributed by atoms with Gasteiger partial charge < -0.3 is 4.90 Å². The third-order valence-corrected chi connectivity index (χ3v) is 6.15. The van der Waals surface area contributed by atoms with Crippen LogP contribution in [0.25, 0.3) is 22.3 Å². The molecule has 0 unspecified atom stereocenters. The molecule has 152 valence electrons. The highest BCUT2D eigenvalue weighted by molar-refractivity contribution is 6.06. The molecule has 0 atom stereocenters. The number of rotatable bonds is 4. The minimum absolute atomic E-state index is 0.0717. The molecule has 1 fully saturated rings. The van der Waals surface area contributed by atoms with Crippen molar-refractivity contribution in [3.63, 3.8) is 0 Å². The van der Waals surface area contributed by atoms with Crippen LogP contribution in [0.1, 0.15) is 67.9 Å². The van der Waals surface area contributed by atoms with Crippen molar-refractivity contribution >= 4 is 16.9 Å². The van der Waals surface area contributed by atoms with E-state index >= 15 is 0 Å². The molecule has 5 nitrogen and oxygen atoms in total. The van der Waals surface area contributed by atoms with E-state index in [0.29, 0.717) is 11.6 Å². The Morgan fingerprint density at radius 3 is 2.59 bits per heavy atom. The van der Waals surface area contributed by atoms with Crippen LogP contribution < -0.4 is 0 Å². The summed E-state index contributed by atoms with van der Waals surface area (Å²) in [5.41, 5.74) is 4.52. The van der Waals surface area contributed by atoms with Crippen molar-refractivity contribution in [1.29, 1.82) is 0 Å². The summed E-state index contributed by atoms with van der Waals surface area (Å²) in [4.78, 5) is 20.4. The maximum absolute atomic E-state index is 13.6. The first-order valence-corrected chi connectivity index (χ1v) is 10.7. The number of pyridine rings is 1. The van der Waals surface area contributed by atoms with Crippen molar-refractivity contribution in [1.82, 2.24) is 19.7 Å². The van der Waals surface area contributed by atoms with E-state index < -0.39 is 0 Å². The normalized spacial score (nSPS) is 15.2. The van der Waals surface area contributed by atoms with Gasteiger partial charge in [0, 0.05) is 24.7 Å². The topological polar surface area (TPSA) is 51.0 Å². The summed E-state index contributed by atoms with van der Waals surface area (Å²) in [5, 5.41) is 5.39. The fourth-order valence-electron chi connectivity index (χ4n) is 4.40. The van der Waals surface area contributed by atoms with Gasteiger partial charge in [0.15, 0.2) is 5.65 Å². The van der Waals surface area contributed by atoms with Gasteiger partial charge in [0.2, 0.25) is 0 Å². The largest absolute Gasteiger partial charge is 0.339 e. The Balaban J connectivity index is 1.85. The van der Waals surface area contributed by atoms with E-state index in [1.807, 2.05) is 34.8 Å². The average Bonchev–Trinajstić information content (AvgIpc) is 3.17. The van der Waals surface area contributed by atoms with Gasteiger partial charge in [0.25, 0.3) is 5.91 Å². The van der Waals surface area contributed by atoms with Crippen molar-refractivity contribution in [2.24, 2.45) is 0 Å². The quantitative estimate of drug-likeness (QED) is 0.600. The van der Waals surface area contributed by atoms with Crippen LogP contribution in [-0.2, 0) is 0 Å². The molecule has 1 amide bonds. The Labute approximate surface area is 172 Å². The third-order valence-electron chi connectivity index (χ3n) is 6.15. The summed E-state index contributed by atoms with van der Waals surface area (Å²) in [6, 6.07) is 10.6. The molecule has 0 saturated heterocycles. The van der Waals surface area contributed by atoms with Crippen LogP contribution in [0.15, 0.2) is 36.5 Å². The van der Waals surface area contributed by atoms with Crippen LogP contribution in [-0.4, -0.2) is 38.7 Å². The molecule has 0 aliphatic heterocycles. The van der Waals surface area contributed by atoms with Gasteiger partial charge >= 0.3 is 0 Å². The second-order valence-electron chi connectivity index (χ2n) is 8.50. The zero-order valence-corrected chi connectivity index (χ0v) is 17.9. The molecule has 2 heterocycles. The summed E-state index contributed by atoms with van der Waals surface area (Å²) in [7, 11) is 1.95. The first kappa shape index (κ1) is 19.6. The summed E-state index contributed by atoms with van der Waals surface area (Å²) < 4.78 is 1.91. The Bertz CT molecular complexity index is 1030. The molecule has 29 heavy (non-hydrogen) atoms. The monoisotopic (exact) mass is 390 g/mol. The van der Waals surface area contributed by atoms with Gasteiger partial charge in [-0.25, -0.2) is 9.67 Å². The van der Waals surface area contributed by atoms with Crippen LogP contribution in [0, 0.1) is 6.92 Å². The number of aryl methyl sites for hydroxylation is 1. The van der Waals surface area contributed by atoms with E-state index in [1.165, 1.54) is 19.3 Å². The summed E-state index contributed by atoms with van der Waals surface area (Å²) in [6.45, 7) is 6.25. The molecule has 3 aromatic rings. The predicted octanol–water partition coefficient (Wildman–Crippen LogP) is 5.39. The Morgan fingerprint density at radius 1 is 1.17 bits per heavy atom. The standard InChI is InChI=1S/C24H30N4O/c1-16(2)28-23-21(15-25-28)20(24(29)27(4)18-11-6-5-7-12-18)14-22(26-23)19-13-9-8-10-17(19)3/h8-10,13-16,18H,5-7,11-12H2,1-4H3. The molecule has 0 spiro atoms. The van der Waals surface area contributed by atoms with Gasteiger partial charge in [-0.1, -0.05) is 43.5 Å². The number of amides is 1. The van der Waals surface area contributed by atoms with Crippen molar-refractivity contribution < 1.29 is 4.79 Å². The zero-order valence-electron chi connectivity index (χ0n) is 17.9. The summed E-state index contributed by atoms with van der Waals surface area (Å²) in [5.74, 6) is 0.0717. The van der Waals surface area contributed by atoms with Crippen molar-refractivity contribution in [2.75, 3.05) is 7.05 Å².